The standard InChI is InChI=1S/C43H29N/c1-43(2)37-18-5-3-14-31(37)34-22-23-39-41(42(34)43)35-15-4-6-19-38(35)44(39)29-13-7-12-27(24-29)28-20-21-30-32-16-8-10-26-11-9-17-33(40(26)32)36(30)25-28/h3-25H,1-2H3. The van der Waals surface area contributed by atoms with Gasteiger partial charge in [0.05, 0.1) is 11.0 Å². The Bertz CT molecular complexity index is 2520. The summed E-state index contributed by atoms with van der Waals surface area (Å²) in [7, 11) is 0. The number of fused-ring (bicyclic) bond motifs is 10. The van der Waals surface area contributed by atoms with Gasteiger partial charge in [0.25, 0.3) is 0 Å². The van der Waals surface area contributed by atoms with E-state index in [0.29, 0.717) is 0 Å². The van der Waals surface area contributed by atoms with E-state index in [1.165, 1.54) is 93.9 Å². The molecule has 0 spiro atoms. The Hall–Kier alpha value is -5.40. The molecule has 0 bridgehead atoms. The molecule has 0 unspecified atom stereocenters. The van der Waals surface area contributed by atoms with Crippen LogP contribution in [0.4, 0.5) is 0 Å². The Morgan fingerprint density at radius 2 is 1.16 bits per heavy atom. The molecule has 0 radical (unpaired) electrons. The number of benzene rings is 7. The third kappa shape index (κ3) is 2.99. The van der Waals surface area contributed by atoms with Gasteiger partial charge in [0.15, 0.2) is 0 Å². The van der Waals surface area contributed by atoms with Crippen molar-refractivity contribution in [3.8, 4) is 50.2 Å². The first-order chi connectivity index (χ1) is 21.6. The van der Waals surface area contributed by atoms with Crippen LogP contribution in [0.1, 0.15) is 25.0 Å². The highest BCUT2D eigenvalue weighted by atomic mass is 15.0. The zero-order chi connectivity index (χ0) is 29.2. The molecule has 0 aliphatic heterocycles. The van der Waals surface area contributed by atoms with Crippen molar-refractivity contribution in [2.24, 2.45) is 0 Å². The maximum atomic E-state index is 2.47. The van der Waals surface area contributed by atoms with Crippen molar-refractivity contribution in [1.82, 2.24) is 4.57 Å². The highest BCUT2D eigenvalue weighted by Gasteiger charge is 2.38. The molecule has 1 aromatic heterocycles. The van der Waals surface area contributed by atoms with Crippen LogP contribution < -0.4 is 0 Å². The Morgan fingerprint density at radius 1 is 0.455 bits per heavy atom. The lowest BCUT2D eigenvalue weighted by molar-refractivity contribution is 0.666. The lowest BCUT2D eigenvalue weighted by atomic mass is 9.80. The number of rotatable bonds is 2. The lowest BCUT2D eigenvalue weighted by Gasteiger charge is -2.22. The SMILES string of the molecule is CC1(C)c2ccccc2-c2ccc3c(c21)c1ccccc1n3-c1cccc(-c2ccc3c(c2)-c2cccc4cccc-3c24)c1. The van der Waals surface area contributed by atoms with Gasteiger partial charge < -0.3 is 4.57 Å². The normalized spacial score (nSPS) is 13.9. The third-order valence-corrected chi connectivity index (χ3v) is 10.3. The van der Waals surface area contributed by atoms with Crippen LogP contribution >= 0.6 is 0 Å². The molecule has 1 nitrogen and oxygen atoms in total. The molecule has 0 amide bonds. The van der Waals surface area contributed by atoms with Crippen LogP contribution in [0.5, 0.6) is 0 Å². The Balaban J connectivity index is 1.18. The van der Waals surface area contributed by atoms with Crippen molar-refractivity contribution < 1.29 is 0 Å². The minimum absolute atomic E-state index is 0.0763. The molecule has 0 N–H and O–H groups in total. The van der Waals surface area contributed by atoms with Gasteiger partial charge in [-0.25, -0.2) is 0 Å². The number of hydrogen-bond acceptors (Lipinski definition) is 0. The van der Waals surface area contributed by atoms with Crippen LogP contribution in [-0.4, -0.2) is 4.57 Å². The summed E-state index contributed by atoms with van der Waals surface area (Å²) in [5.41, 5.74) is 17.0. The van der Waals surface area contributed by atoms with Gasteiger partial charge in [-0.15, -0.1) is 0 Å². The summed E-state index contributed by atoms with van der Waals surface area (Å²) in [6.45, 7) is 4.77. The van der Waals surface area contributed by atoms with Gasteiger partial charge in [-0.2, -0.15) is 0 Å². The minimum Gasteiger partial charge on any atom is -0.309 e. The first-order valence-corrected chi connectivity index (χ1v) is 15.5. The van der Waals surface area contributed by atoms with Crippen molar-refractivity contribution in [3.05, 3.63) is 151 Å². The lowest BCUT2D eigenvalue weighted by Crippen LogP contribution is -2.15. The molecule has 0 saturated heterocycles. The summed E-state index contributed by atoms with van der Waals surface area (Å²) in [5.74, 6) is 0. The highest BCUT2D eigenvalue weighted by molar-refractivity contribution is 6.16. The molecule has 2 aliphatic carbocycles. The molecule has 1 heteroatoms. The largest absolute Gasteiger partial charge is 0.309 e. The third-order valence-electron chi connectivity index (χ3n) is 10.3. The van der Waals surface area contributed by atoms with Crippen LogP contribution in [0.3, 0.4) is 0 Å². The molecule has 0 saturated carbocycles. The van der Waals surface area contributed by atoms with Gasteiger partial charge >= 0.3 is 0 Å². The molecule has 0 atom stereocenters. The molecule has 206 valence electrons. The van der Waals surface area contributed by atoms with E-state index in [1.54, 1.807) is 0 Å². The quantitative estimate of drug-likeness (QED) is 0.198. The fraction of sp³-hybridized carbons (Fsp3) is 0.0698. The maximum Gasteiger partial charge on any atom is 0.0544 e. The summed E-state index contributed by atoms with van der Waals surface area (Å²) >= 11 is 0. The number of para-hydroxylation sites is 1. The second-order valence-electron chi connectivity index (χ2n) is 12.9. The predicted molar refractivity (Wildman–Crippen MR) is 186 cm³/mol. The van der Waals surface area contributed by atoms with E-state index >= 15 is 0 Å². The van der Waals surface area contributed by atoms with Crippen LogP contribution in [-0.2, 0) is 5.41 Å². The molecule has 44 heavy (non-hydrogen) atoms. The van der Waals surface area contributed by atoms with Gasteiger partial charge in [-0.3, -0.25) is 0 Å². The van der Waals surface area contributed by atoms with E-state index in [-0.39, 0.29) is 5.41 Å². The van der Waals surface area contributed by atoms with E-state index in [0.717, 1.165) is 0 Å². The summed E-state index contributed by atoms with van der Waals surface area (Å²) in [4.78, 5) is 0. The molecule has 8 aromatic rings. The fourth-order valence-electron chi connectivity index (χ4n) is 8.41. The van der Waals surface area contributed by atoms with Crippen molar-refractivity contribution in [1.29, 1.82) is 0 Å². The fourth-order valence-corrected chi connectivity index (χ4v) is 8.41. The summed E-state index contributed by atoms with van der Waals surface area (Å²) in [6.07, 6.45) is 0. The van der Waals surface area contributed by atoms with E-state index in [2.05, 4.69) is 158 Å². The summed E-state index contributed by atoms with van der Waals surface area (Å²) in [5, 5.41) is 5.37. The minimum atomic E-state index is -0.0763. The summed E-state index contributed by atoms with van der Waals surface area (Å²) in [6, 6.07) is 52.0. The van der Waals surface area contributed by atoms with Gasteiger partial charge in [-0.05, 0) is 96.7 Å². The molecule has 1 heterocycles. The molecule has 7 aromatic carbocycles. The Kier molecular flexibility index (Phi) is 4.58. The first-order valence-electron chi connectivity index (χ1n) is 15.5. The van der Waals surface area contributed by atoms with Gasteiger partial charge in [0.2, 0.25) is 0 Å². The summed E-state index contributed by atoms with van der Waals surface area (Å²) < 4.78 is 2.47. The van der Waals surface area contributed by atoms with Gasteiger partial charge in [-0.1, -0.05) is 123 Å². The molecule has 2 aliphatic rings. The molecular formula is C43H29N. The predicted octanol–water partition coefficient (Wildman–Crippen LogP) is 11.6. The van der Waals surface area contributed by atoms with Crippen LogP contribution in [0.2, 0.25) is 0 Å². The zero-order valence-electron chi connectivity index (χ0n) is 24.7. The second-order valence-corrected chi connectivity index (χ2v) is 12.9. The topological polar surface area (TPSA) is 4.93 Å². The average Bonchev–Trinajstić information content (AvgIpc) is 3.66. The number of hydrogen-bond donors (Lipinski definition) is 0. The maximum absolute atomic E-state index is 2.47. The highest BCUT2D eigenvalue weighted by Crippen LogP contribution is 2.53. The Labute approximate surface area is 256 Å². The molecular weight excluding hydrogens is 530 g/mol. The van der Waals surface area contributed by atoms with E-state index < -0.39 is 0 Å². The second kappa shape index (κ2) is 8.36. The van der Waals surface area contributed by atoms with Crippen LogP contribution in [0, 0.1) is 0 Å². The average molecular weight is 560 g/mol. The van der Waals surface area contributed by atoms with E-state index in [4.69, 9.17) is 0 Å². The van der Waals surface area contributed by atoms with Crippen LogP contribution in [0.25, 0.3) is 82.8 Å². The monoisotopic (exact) mass is 559 g/mol. The van der Waals surface area contributed by atoms with Crippen molar-refractivity contribution in [2.45, 2.75) is 19.3 Å². The van der Waals surface area contributed by atoms with E-state index in [1.807, 2.05) is 0 Å². The zero-order valence-corrected chi connectivity index (χ0v) is 24.7. The van der Waals surface area contributed by atoms with Crippen molar-refractivity contribution in [3.63, 3.8) is 0 Å². The molecule has 0 fully saturated rings. The number of aromatic nitrogens is 1. The smallest absolute Gasteiger partial charge is 0.0544 e. The Morgan fingerprint density at radius 3 is 2.05 bits per heavy atom. The van der Waals surface area contributed by atoms with Crippen LogP contribution in [0.15, 0.2) is 140 Å². The van der Waals surface area contributed by atoms with Gasteiger partial charge in [0, 0.05) is 21.9 Å². The molecule has 10 rings (SSSR count). The number of nitrogens with zero attached hydrogens (tertiary/aromatic N) is 1. The first kappa shape index (κ1) is 24.1. The van der Waals surface area contributed by atoms with E-state index in [9.17, 15) is 0 Å². The van der Waals surface area contributed by atoms with Crippen molar-refractivity contribution in [2.75, 3.05) is 0 Å². The van der Waals surface area contributed by atoms with Crippen molar-refractivity contribution >= 4 is 32.6 Å². The van der Waals surface area contributed by atoms with Gasteiger partial charge in [0.1, 0.15) is 0 Å².